The predicted octanol–water partition coefficient (Wildman–Crippen LogP) is 4.41. The lowest BCUT2D eigenvalue weighted by Crippen LogP contribution is -2.45. The second-order valence-electron chi connectivity index (χ2n) is 12.1. The zero-order valence-corrected chi connectivity index (χ0v) is 24.2. The first-order valence-corrected chi connectivity index (χ1v) is 14.5. The molecule has 1 aromatic heterocycles. The second kappa shape index (κ2) is 12.2. The molecular weight excluding hydrogens is 546 g/mol. The summed E-state index contributed by atoms with van der Waals surface area (Å²) in [6.07, 6.45) is 4.64. The molecule has 3 aliphatic rings. The summed E-state index contributed by atoms with van der Waals surface area (Å²) in [4.78, 5) is 44.5. The Balaban J connectivity index is 1.23. The van der Waals surface area contributed by atoms with Crippen molar-refractivity contribution >= 4 is 17.7 Å². The number of hydrogen-bond donors (Lipinski definition) is 2. The smallest absolute Gasteiger partial charge is 0.387 e. The average molecular weight is 585 g/mol. The SMILES string of the molecule is CC(=O)N1CC(c2ccc(OC(F)F)c(OCC3CC3)c2)C[C@@H]1C(=O)NCc1cccc(C(=O)NC(C)(C)C2CC2)n1. The number of halogens is 2. The number of likely N-dealkylation sites (tertiary alicyclic amines) is 1. The van der Waals surface area contributed by atoms with Crippen LogP contribution in [0.25, 0.3) is 0 Å². The summed E-state index contributed by atoms with van der Waals surface area (Å²) in [5, 5.41) is 5.92. The van der Waals surface area contributed by atoms with Crippen molar-refractivity contribution in [3.8, 4) is 11.5 Å². The molecule has 2 saturated carbocycles. The van der Waals surface area contributed by atoms with Crippen LogP contribution in [0.5, 0.6) is 11.5 Å². The number of carbonyl (C=O) groups excluding carboxylic acids is 3. The molecule has 1 aromatic carbocycles. The molecule has 226 valence electrons. The maximum Gasteiger partial charge on any atom is 0.387 e. The lowest BCUT2D eigenvalue weighted by molar-refractivity contribution is -0.136. The van der Waals surface area contributed by atoms with Crippen molar-refractivity contribution < 1.29 is 32.6 Å². The molecule has 9 nitrogen and oxygen atoms in total. The van der Waals surface area contributed by atoms with Crippen molar-refractivity contribution in [2.75, 3.05) is 13.2 Å². The van der Waals surface area contributed by atoms with E-state index in [0.717, 1.165) is 31.2 Å². The number of benzene rings is 1. The third-order valence-electron chi connectivity index (χ3n) is 8.35. The Morgan fingerprint density at radius 3 is 2.52 bits per heavy atom. The first-order valence-electron chi connectivity index (χ1n) is 14.5. The Bertz CT molecular complexity index is 1330. The van der Waals surface area contributed by atoms with Crippen molar-refractivity contribution in [2.45, 2.75) is 83.5 Å². The summed E-state index contributed by atoms with van der Waals surface area (Å²) in [7, 11) is 0. The molecule has 2 heterocycles. The summed E-state index contributed by atoms with van der Waals surface area (Å²) in [6.45, 7) is 3.27. The summed E-state index contributed by atoms with van der Waals surface area (Å²) >= 11 is 0. The Kier molecular flexibility index (Phi) is 8.65. The van der Waals surface area contributed by atoms with Crippen LogP contribution in [0.15, 0.2) is 36.4 Å². The number of aromatic nitrogens is 1. The highest BCUT2D eigenvalue weighted by Gasteiger charge is 2.40. The standard InChI is InChI=1S/C31H38F2N4O5/c1-18(38)37-16-21(20-9-12-26(42-30(32)33)27(14-20)41-17-19-7-8-19)13-25(37)29(40)34-15-23-5-4-6-24(35-23)28(39)36-31(2,3)22-10-11-22/h4-6,9,12,14,19,21-22,25,30H,7-8,10-11,13,15-17H2,1-3H3,(H,34,40)(H,36,39)/t21?,25-/m1/s1. The van der Waals surface area contributed by atoms with Crippen molar-refractivity contribution in [1.29, 1.82) is 0 Å². The molecule has 2 N–H and O–H groups in total. The van der Waals surface area contributed by atoms with Gasteiger partial charge in [0.2, 0.25) is 11.8 Å². The largest absolute Gasteiger partial charge is 0.489 e. The molecule has 0 bridgehead atoms. The average Bonchev–Trinajstić information content (AvgIpc) is 3.88. The van der Waals surface area contributed by atoms with E-state index < -0.39 is 12.7 Å². The normalized spacial score (nSPS) is 20.4. The molecular formula is C31H38F2N4O5. The summed E-state index contributed by atoms with van der Waals surface area (Å²) in [6, 6.07) is 9.19. The number of nitrogens with one attached hydrogen (secondary N) is 2. The van der Waals surface area contributed by atoms with E-state index in [-0.39, 0.29) is 52.9 Å². The minimum absolute atomic E-state index is 0.0374. The first kappa shape index (κ1) is 29.7. The number of hydrogen-bond acceptors (Lipinski definition) is 6. The Labute approximate surface area is 244 Å². The zero-order valence-electron chi connectivity index (χ0n) is 24.2. The fourth-order valence-corrected chi connectivity index (χ4v) is 5.51. The van der Waals surface area contributed by atoms with E-state index in [1.165, 1.54) is 17.9 Å². The summed E-state index contributed by atoms with van der Waals surface area (Å²) in [5.74, 6) is 0.0503. The molecule has 1 unspecified atom stereocenters. The molecule has 0 spiro atoms. The van der Waals surface area contributed by atoms with Gasteiger partial charge in [-0.05, 0) is 87.6 Å². The van der Waals surface area contributed by atoms with Crippen molar-refractivity contribution in [2.24, 2.45) is 11.8 Å². The van der Waals surface area contributed by atoms with E-state index in [1.54, 1.807) is 30.3 Å². The number of alkyl halides is 2. The van der Waals surface area contributed by atoms with Crippen LogP contribution >= 0.6 is 0 Å². The fourth-order valence-electron chi connectivity index (χ4n) is 5.51. The van der Waals surface area contributed by atoms with Gasteiger partial charge >= 0.3 is 6.61 Å². The number of nitrogens with zero attached hydrogens (tertiary/aromatic N) is 2. The van der Waals surface area contributed by atoms with Crippen LogP contribution in [0.4, 0.5) is 8.78 Å². The Morgan fingerprint density at radius 1 is 1.10 bits per heavy atom. The Hall–Kier alpha value is -3.76. The topological polar surface area (TPSA) is 110 Å². The van der Waals surface area contributed by atoms with E-state index in [9.17, 15) is 23.2 Å². The number of carbonyl (C=O) groups is 3. The number of pyridine rings is 1. The van der Waals surface area contributed by atoms with Gasteiger partial charge in [-0.25, -0.2) is 4.98 Å². The zero-order chi connectivity index (χ0) is 30.0. The first-order chi connectivity index (χ1) is 20.0. The lowest BCUT2D eigenvalue weighted by Gasteiger charge is -2.26. The van der Waals surface area contributed by atoms with Gasteiger partial charge < -0.3 is 25.0 Å². The number of ether oxygens (including phenoxy) is 2. The van der Waals surface area contributed by atoms with Crippen molar-refractivity contribution in [1.82, 2.24) is 20.5 Å². The minimum Gasteiger partial charge on any atom is -0.489 e. The highest BCUT2D eigenvalue weighted by Crippen LogP contribution is 2.40. The van der Waals surface area contributed by atoms with E-state index >= 15 is 0 Å². The molecule has 11 heteroatoms. The van der Waals surface area contributed by atoms with Gasteiger partial charge in [-0.2, -0.15) is 8.78 Å². The predicted molar refractivity (Wildman–Crippen MR) is 150 cm³/mol. The van der Waals surface area contributed by atoms with Crippen LogP contribution < -0.4 is 20.1 Å². The van der Waals surface area contributed by atoms with Crippen LogP contribution in [0.3, 0.4) is 0 Å². The molecule has 2 aliphatic carbocycles. The van der Waals surface area contributed by atoms with Gasteiger partial charge in [0.15, 0.2) is 11.5 Å². The summed E-state index contributed by atoms with van der Waals surface area (Å²) in [5.41, 5.74) is 1.27. The molecule has 2 atom stereocenters. The van der Waals surface area contributed by atoms with Crippen LogP contribution in [-0.2, 0) is 16.1 Å². The molecule has 2 aromatic rings. The highest BCUT2D eigenvalue weighted by atomic mass is 19.3. The molecule has 3 amide bonds. The minimum atomic E-state index is -2.98. The molecule has 1 aliphatic heterocycles. The summed E-state index contributed by atoms with van der Waals surface area (Å²) < 4.78 is 36.4. The van der Waals surface area contributed by atoms with Crippen molar-refractivity contribution in [3.05, 3.63) is 53.3 Å². The molecule has 0 radical (unpaired) electrons. The van der Waals surface area contributed by atoms with E-state index in [2.05, 4.69) is 20.4 Å². The second-order valence-corrected chi connectivity index (χ2v) is 12.1. The van der Waals surface area contributed by atoms with E-state index in [0.29, 0.717) is 37.1 Å². The number of amides is 3. The molecule has 1 saturated heterocycles. The van der Waals surface area contributed by atoms with Gasteiger partial charge in [0.05, 0.1) is 18.8 Å². The molecule has 5 rings (SSSR count). The van der Waals surface area contributed by atoms with Gasteiger partial charge in [-0.15, -0.1) is 0 Å². The van der Waals surface area contributed by atoms with Gasteiger partial charge in [0.25, 0.3) is 5.91 Å². The third-order valence-corrected chi connectivity index (χ3v) is 8.35. The van der Waals surface area contributed by atoms with Crippen molar-refractivity contribution in [3.63, 3.8) is 0 Å². The van der Waals surface area contributed by atoms with E-state index in [4.69, 9.17) is 4.74 Å². The van der Waals surface area contributed by atoms with Gasteiger partial charge in [-0.3, -0.25) is 14.4 Å². The maximum atomic E-state index is 13.3. The van der Waals surface area contributed by atoms with Gasteiger partial charge in [0, 0.05) is 24.9 Å². The Morgan fingerprint density at radius 2 is 1.86 bits per heavy atom. The maximum absolute atomic E-state index is 13.3. The quantitative estimate of drug-likeness (QED) is 0.383. The van der Waals surface area contributed by atoms with Crippen LogP contribution in [-0.4, -0.2) is 58.9 Å². The van der Waals surface area contributed by atoms with Crippen LogP contribution in [0, 0.1) is 11.8 Å². The number of rotatable bonds is 12. The van der Waals surface area contributed by atoms with Crippen LogP contribution in [0.2, 0.25) is 0 Å². The van der Waals surface area contributed by atoms with Gasteiger partial charge in [0.1, 0.15) is 11.7 Å². The third kappa shape index (κ3) is 7.35. The highest BCUT2D eigenvalue weighted by molar-refractivity contribution is 5.93. The van der Waals surface area contributed by atoms with Crippen LogP contribution in [0.1, 0.15) is 80.5 Å². The molecule has 42 heavy (non-hydrogen) atoms. The monoisotopic (exact) mass is 584 g/mol. The van der Waals surface area contributed by atoms with E-state index in [1.807, 2.05) is 13.8 Å². The lowest BCUT2D eigenvalue weighted by atomic mass is 9.95. The molecule has 3 fully saturated rings. The van der Waals surface area contributed by atoms with Gasteiger partial charge in [-0.1, -0.05) is 12.1 Å². The fraction of sp³-hybridized carbons (Fsp3) is 0.548.